The molecule has 0 bridgehead atoms. The second-order valence-electron chi connectivity index (χ2n) is 2.39. The quantitative estimate of drug-likeness (QED) is 0.525. The van der Waals surface area contributed by atoms with Gasteiger partial charge in [-0.15, -0.1) is 0 Å². The van der Waals surface area contributed by atoms with E-state index in [2.05, 4.69) is 0 Å². The van der Waals surface area contributed by atoms with Crippen LogP contribution in [0.5, 0.6) is 0 Å². The Hall–Kier alpha value is 0.831. The zero-order valence-electron chi connectivity index (χ0n) is 6.84. The average molecular weight is 205 g/mol. The van der Waals surface area contributed by atoms with Crippen molar-refractivity contribution in [1.82, 2.24) is 4.90 Å². The van der Waals surface area contributed by atoms with Crippen LogP contribution in [0, 0.1) is 0 Å². The number of halogens is 3. The van der Waals surface area contributed by atoms with E-state index in [0.29, 0.717) is 0 Å². The Balaban J connectivity index is 0.00000121. The van der Waals surface area contributed by atoms with Crippen LogP contribution in [0.1, 0.15) is 0 Å². The minimum atomic E-state index is -4.65. The average Bonchev–Trinajstić information content (AvgIpc) is 2.32. The number of nitrogens with zero attached hydrogens (tertiary/aromatic N) is 1. The van der Waals surface area contributed by atoms with Crippen molar-refractivity contribution in [2.24, 2.45) is 0 Å². The number of hydrogen-bond acceptors (Lipinski definition) is 2. The smallest absolute Gasteiger partial charge is 0.479 e. The van der Waals surface area contributed by atoms with Gasteiger partial charge in [0.25, 0.3) is 0 Å². The number of ether oxygens (including phenoxy) is 1. The zero-order valence-corrected chi connectivity index (χ0v) is 9.97. The summed E-state index contributed by atoms with van der Waals surface area (Å²) < 4.78 is 39.7. The summed E-state index contributed by atoms with van der Waals surface area (Å²) in [5.74, 6) is 0. The largest absolute Gasteiger partial charge is 1.00 e. The molecule has 0 aromatic carbocycles. The van der Waals surface area contributed by atoms with Gasteiger partial charge in [-0.05, 0) is 6.54 Å². The fraction of sp³-hybridized carbons (Fsp3) is 0.600. The Bertz CT molecular complexity index is 163. The molecule has 1 aliphatic heterocycles. The van der Waals surface area contributed by atoms with Crippen LogP contribution in [0.15, 0.2) is 12.5 Å². The SMILES string of the molecule is F[B-](F)(F)CCN1C=COC1.[K+]. The van der Waals surface area contributed by atoms with Crippen molar-refractivity contribution in [3.8, 4) is 0 Å². The van der Waals surface area contributed by atoms with Crippen molar-refractivity contribution >= 4 is 6.98 Å². The molecule has 0 atom stereocenters. The second-order valence-corrected chi connectivity index (χ2v) is 2.39. The summed E-state index contributed by atoms with van der Waals surface area (Å²) in [6.45, 7) is -4.41. The maximum atomic E-state index is 11.7. The molecule has 1 rings (SSSR count). The van der Waals surface area contributed by atoms with Crippen LogP contribution < -0.4 is 51.4 Å². The third-order valence-corrected chi connectivity index (χ3v) is 1.35. The molecule has 64 valence electrons. The van der Waals surface area contributed by atoms with Crippen LogP contribution in [0.25, 0.3) is 0 Å². The molecular weight excluding hydrogens is 197 g/mol. The van der Waals surface area contributed by atoms with Gasteiger partial charge < -0.3 is 22.6 Å². The van der Waals surface area contributed by atoms with Crippen molar-refractivity contribution in [2.45, 2.75) is 6.32 Å². The van der Waals surface area contributed by atoms with E-state index in [0.717, 1.165) is 0 Å². The van der Waals surface area contributed by atoms with Gasteiger partial charge in [0.2, 0.25) is 0 Å². The summed E-state index contributed by atoms with van der Waals surface area (Å²) in [7, 11) is 0. The summed E-state index contributed by atoms with van der Waals surface area (Å²) in [5, 5.41) is 0. The van der Waals surface area contributed by atoms with Gasteiger partial charge in [-0.2, -0.15) is 0 Å². The van der Waals surface area contributed by atoms with E-state index in [1.165, 1.54) is 17.4 Å². The van der Waals surface area contributed by atoms with Crippen LogP contribution in [0.4, 0.5) is 12.9 Å². The molecule has 0 radical (unpaired) electrons. The van der Waals surface area contributed by atoms with E-state index in [4.69, 9.17) is 4.74 Å². The summed E-state index contributed by atoms with van der Waals surface area (Å²) in [6, 6.07) is 0. The molecule has 0 N–H and O–H groups in total. The Kier molecular flexibility index (Phi) is 5.92. The van der Waals surface area contributed by atoms with Gasteiger partial charge in [0.15, 0.2) is 6.73 Å². The first-order chi connectivity index (χ1) is 5.08. The molecule has 2 nitrogen and oxygen atoms in total. The van der Waals surface area contributed by atoms with E-state index in [-0.39, 0.29) is 64.7 Å². The van der Waals surface area contributed by atoms with Crippen molar-refractivity contribution in [1.29, 1.82) is 0 Å². The minimum absolute atomic E-state index is 0. The third kappa shape index (κ3) is 5.47. The molecule has 0 aromatic heterocycles. The van der Waals surface area contributed by atoms with Crippen LogP contribution in [0.3, 0.4) is 0 Å². The van der Waals surface area contributed by atoms with Gasteiger partial charge in [0, 0.05) is 6.20 Å². The first-order valence-electron chi connectivity index (χ1n) is 3.31. The Morgan fingerprint density at radius 1 is 1.42 bits per heavy atom. The van der Waals surface area contributed by atoms with Crippen molar-refractivity contribution in [2.75, 3.05) is 13.3 Å². The van der Waals surface area contributed by atoms with E-state index < -0.39 is 13.3 Å². The maximum Gasteiger partial charge on any atom is 1.00 e. The molecule has 0 amide bonds. The number of hydrogen-bond donors (Lipinski definition) is 0. The molecular formula is C5H8BF3KNO. The Morgan fingerprint density at radius 2 is 2.08 bits per heavy atom. The van der Waals surface area contributed by atoms with Gasteiger partial charge >= 0.3 is 58.4 Å². The van der Waals surface area contributed by atoms with Crippen LogP contribution in [0.2, 0.25) is 6.32 Å². The van der Waals surface area contributed by atoms with Crippen molar-refractivity contribution in [3.63, 3.8) is 0 Å². The predicted octanol–water partition coefficient (Wildman–Crippen LogP) is -1.40. The first kappa shape index (κ1) is 12.8. The van der Waals surface area contributed by atoms with Crippen molar-refractivity contribution in [3.05, 3.63) is 12.5 Å². The minimum Gasteiger partial charge on any atom is -0.479 e. The predicted molar refractivity (Wildman–Crippen MR) is 35.7 cm³/mol. The van der Waals surface area contributed by atoms with Gasteiger partial charge in [0.1, 0.15) is 6.26 Å². The molecule has 0 aromatic rings. The molecule has 7 heteroatoms. The van der Waals surface area contributed by atoms with Crippen molar-refractivity contribution < 1.29 is 69.1 Å². The van der Waals surface area contributed by atoms with E-state index >= 15 is 0 Å². The van der Waals surface area contributed by atoms with Crippen LogP contribution in [-0.4, -0.2) is 25.2 Å². The Labute approximate surface area is 112 Å². The van der Waals surface area contributed by atoms with Gasteiger partial charge in [-0.3, -0.25) is 0 Å². The fourth-order valence-corrected chi connectivity index (χ4v) is 0.762. The zero-order chi connectivity index (χ0) is 8.32. The van der Waals surface area contributed by atoms with Crippen LogP contribution in [-0.2, 0) is 4.74 Å². The monoisotopic (exact) mass is 205 g/mol. The molecule has 0 spiro atoms. The molecule has 0 saturated carbocycles. The fourth-order valence-electron chi connectivity index (χ4n) is 0.762. The van der Waals surface area contributed by atoms with Gasteiger partial charge in [-0.25, -0.2) is 0 Å². The molecule has 0 unspecified atom stereocenters. The molecule has 0 aliphatic carbocycles. The molecule has 0 fully saturated rings. The van der Waals surface area contributed by atoms with E-state index in [1.54, 1.807) is 0 Å². The van der Waals surface area contributed by atoms with E-state index in [1.807, 2.05) is 0 Å². The topological polar surface area (TPSA) is 12.5 Å². The van der Waals surface area contributed by atoms with Gasteiger partial charge in [0.05, 0.1) is 0 Å². The molecule has 1 aliphatic rings. The van der Waals surface area contributed by atoms with E-state index in [9.17, 15) is 12.9 Å². The molecule has 1 heterocycles. The second kappa shape index (κ2) is 5.54. The third-order valence-electron chi connectivity index (χ3n) is 1.35. The molecule has 0 saturated heterocycles. The normalized spacial score (nSPS) is 15.8. The maximum absolute atomic E-state index is 11.7. The van der Waals surface area contributed by atoms with Gasteiger partial charge in [-0.1, -0.05) is 6.32 Å². The summed E-state index contributed by atoms with van der Waals surface area (Å²) in [5.41, 5.74) is 0. The Morgan fingerprint density at radius 3 is 2.50 bits per heavy atom. The first-order valence-corrected chi connectivity index (χ1v) is 3.31. The number of rotatable bonds is 3. The van der Waals surface area contributed by atoms with Crippen LogP contribution >= 0.6 is 0 Å². The molecule has 12 heavy (non-hydrogen) atoms. The summed E-state index contributed by atoms with van der Waals surface area (Å²) in [6.07, 6.45) is 2.18. The summed E-state index contributed by atoms with van der Waals surface area (Å²) >= 11 is 0. The standard InChI is InChI=1S/C5H8BF3NO.K/c7-6(8,9)1-2-10-3-4-11-5-10;/h3-4H,1-2,5H2;/q-1;+1. The summed E-state index contributed by atoms with van der Waals surface area (Å²) in [4.78, 5) is 1.48.